The molecule has 4 aromatic rings. The summed E-state index contributed by atoms with van der Waals surface area (Å²) in [6.07, 6.45) is -0.152. The second-order valence-electron chi connectivity index (χ2n) is 11.0. The minimum Gasteiger partial charge on any atom is -0.478 e. The molecule has 4 atom stereocenters. The Labute approximate surface area is 273 Å². The molecule has 238 valence electrons. The molecule has 1 saturated heterocycles. The van der Waals surface area contributed by atoms with Crippen molar-refractivity contribution in [1.29, 1.82) is 0 Å². The molecule has 3 N–H and O–H groups in total. The molecule has 1 fully saturated rings. The third kappa shape index (κ3) is 8.24. The van der Waals surface area contributed by atoms with Crippen LogP contribution in [0.4, 0.5) is 4.79 Å². The highest BCUT2D eigenvalue weighted by atomic mass is 32.2. The van der Waals surface area contributed by atoms with Gasteiger partial charge in [-0.15, -0.1) is 11.8 Å². The van der Waals surface area contributed by atoms with Crippen molar-refractivity contribution >= 4 is 23.8 Å². The second kappa shape index (κ2) is 15.7. The van der Waals surface area contributed by atoms with E-state index in [9.17, 15) is 19.8 Å². The van der Waals surface area contributed by atoms with Gasteiger partial charge in [0.25, 0.3) is 0 Å². The van der Waals surface area contributed by atoms with Crippen LogP contribution in [0.5, 0.6) is 0 Å². The van der Waals surface area contributed by atoms with E-state index in [-0.39, 0.29) is 36.9 Å². The van der Waals surface area contributed by atoms with E-state index in [1.54, 1.807) is 12.1 Å². The van der Waals surface area contributed by atoms with Crippen molar-refractivity contribution in [3.8, 4) is 11.1 Å². The van der Waals surface area contributed by atoms with Crippen molar-refractivity contribution in [2.75, 3.05) is 12.4 Å². The van der Waals surface area contributed by atoms with Gasteiger partial charge in [0.2, 0.25) is 0 Å². The number of carbonyl (C=O) groups is 2. The normalized spacial score (nSPS) is 19.3. The van der Waals surface area contributed by atoms with Crippen molar-refractivity contribution < 1.29 is 34.0 Å². The molecular weight excluding hydrogens is 602 g/mol. The first-order valence-electron chi connectivity index (χ1n) is 15.0. The predicted molar refractivity (Wildman–Crippen MR) is 177 cm³/mol. The van der Waals surface area contributed by atoms with Crippen LogP contribution in [0, 0.1) is 5.92 Å². The van der Waals surface area contributed by atoms with Crippen molar-refractivity contribution in [2.24, 2.45) is 5.92 Å². The maximum atomic E-state index is 11.8. The van der Waals surface area contributed by atoms with E-state index in [0.717, 1.165) is 33.4 Å². The Hall–Kier alpha value is -4.41. The molecule has 0 unspecified atom stereocenters. The molecule has 46 heavy (non-hydrogen) atoms. The highest BCUT2D eigenvalue weighted by Crippen LogP contribution is 2.43. The number of amides is 1. The Kier molecular flexibility index (Phi) is 11.3. The van der Waals surface area contributed by atoms with Crippen molar-refractivity contribution in [3.63, 3.8) is 0 Å². The number of carboxylic acids is 1. The molecule has 0 spiro atoms. The number of aliphatic hydroxyl groups excluding tert-OH is 1. The van der Waals surface area contributed by atoms with Crippen LogP contribution in [0.3, 0.4) is 0 Å². The molecule has 1 amide bonds. The van der Waals surface area contributed by atoms with Crippen LogP contribution >= 0.6 is 11.8 Å². The van der Waals surface area contributed by atoms with E-state index in [0.29, 0.717) is 17.2 Å². The Morgan fingerprint density at radius 1 is 0.913 bits per heavy atom. The van der Waals surface area contributed by atoms with Gasteiger partial charge in [-0.2, -0.15) is 0 Å². The minimum atomic E-state index is -0.961. The fourth-order valence-electron chi connectivity index (χ4n) is 5.30. The highest BCUT2D eigenvalue weighted by Gasteiger charge is 2.38. The number of carboxylic acid groups (broad SMARTS) is 1. The van der Waals surface area contributed by atoms with Gasteiger partial charge in [0, 0.05) is 28.7 Å². The van der Waals surface area contributed by atoms with Crippen LogP contribution in [0.25, 0.3) is 11.1 Å². The summed E-state index contributed by atoms with van der Waals surface area (Å²) in [5.41, 5.74) is 5.86. The van der Waals surface area contributed by atoms with E-state index in [2.05, 4.69) is 18.8 Å². The zero-order valence-corrected chi connectivity index (χ0v) is 26.3. The molecule has 5 rings (SSSR count). The van der Waals surface area contributed by atoms with E-state index in [1.807, 2.05) is 84.9 Å². The van der Waals surface area contributed by atoms with Crippen LogP contribution in [-0.4, -0.2) is 40.7 Å². The first kappa shape index (κ1) is 33.0. The number of rotatable bonds is 12. The van der Waals surface area contributed by atoms with Gasteiger partial charge >= 0.3 is 12.1 Å². The average Bonchev–Trinajstić information content (AvgIpc) is 3.09. The summed E-state index contributed by atoms with van der Waals surface area (Å²) in [5, 5.41) is 21.9. The Balaban J connectivity index is 1.34. The summed E-state index contributed by atoms with van der Waals surface area (Å²) in [6, 6.07) is 30.7. The van der Waals surface area contributed by atoms with E-state index in [1.165, 1.54) is 17.8 Å². The van der Waals surface area contributed by atoms with Crippen LogP contribution in [0.15, 0.2) is 115 Å². The number of hydrogen-bond acceptors (Lipinski definition) is 7. The summed E-state index contributed by atoms with van der Waals surface area (Å²) >= 11 is 1.46. The molecule has 9 heteroatoms. The highest BCUT2D eigenvalue weighted by molar-refractivity contribution is 7.99. The Bertz CT molecular complexity index is 1640. The number of aliphatic hydroxyl groups is 1. The van der Waals surface area contributed by atoms with E-state index >= 15 is 0 Å². The smallest absolute Gasteiger partial charge is 0.407 e. The fourth-order valence-corrected chi connectivity index (χ4v) is 6.52. The zero-order chi connectivity index (χ0) is 32.5. The van der Waals surface area contributed by atoms with Gasteiger partial charge in [-0.3, -0.25) is 0 Å². The lowest BCUT2D eigenvalue weighted by atomic mass is 9.91. The lowest BCUT2D eigenvalue weighted by molar-refractivity contribution is -0.268. The first-order valence-corrected chi connectivity index (χ1v) is 16.0. The van der Waals surface area contributed by atoms with Crippen LogP contribution in [0.1, 0.15) is 51.9 Å². The average molecular weight is 640 g/mol. The molecule has 1 aliphatic heterocycles. The maximum Gasteiger partial charge on any atom is 0.407 e. The lowest BCUT2D eigenvalue weighted by Crippen LogP contribution is -2.38. The fraction of sp³-hybridized carbons (Fsp3) is 0.243. The number of nitrogens with one attached hydrogen (secondary N) is 1. The van der Waals surface area contributed by atoms with Gasteiger partial charge in [-0.05, 0) is 46.0 Å². The third-order valence-corrected chi connectivity index (χ3v) is 9.02. The summed E-state index contributed by atoms with van der Waals surface area (Å²) in [5.74, 6) is -0.460. The van der Waals surface area contributed by atoms with Crippen LogP contribution in [0.2, 0.25) is 0 Å². The first-order chi connectivity index (χ1) is 22.4. The molecule has 1 heterocycles. The number of thioether (sulfide) groups is 1. The monoisotopic (exact) mass is 639 g/mol. The number of benzene rings is 4. The summed E-state index contributed by atoms with van der Waals surface area (Å²) in [4.78, 5) is 24.3. The quantitative estimate of drug-likeness (QED) is 0.108. The van der Waals surface area contributed by atoms with Gasteiger partial charge in [-0.25, -0.2) is 9.59 Å². The zero-order valence-electron chi connectivity index (χ0n) is 25.5. The number of aromatic carboxylic acids is 1. The van der Waals surface area contributed by atoms with Crippen molar-refractivity contribution in [2.45, 2.75) is 43.5 Å². The molecule has 0 aliphatic carbocycles. The topological polar surface area (TPSA) is 114 Å². The molecule has 0 aromatic heterocycles. The largest absolute Gasteiger partial charge is 0.478 e. The predicted octanol–water partition coefficient (Wildman–Crippen LogP) is 7.54. The Morgan fingerprint density at radius 3 is 2.37 bits per heavy atom. The molecule has 4 aromatic carbocycles. The second-order valence-corrected chi connectivity index (χ2v) is 12.1. The molecule has 8 nitrogen and oxygen atoms in total. The number of alkyl carbamates (subject to hydrolysis) is 1. The number of ether oxygens (including phenoxy) is 3. The SMILES string of the molecule is C=CCOC(=O)NCc1cccc(-c2ccc([C@H]3O[C@@H](CSc4ccccc4C(=O)O)[C@@H](C)[C@@H](c4ccc(CO)cc4)O3)cc2)c1. The molecule has 0 radical (unpaired) electrons. The molecule has 1 aliphatic rings. The molecule has 0 bridgehead atoms. The summed E-state index contributed by atoms with van der Waals surface area (Å²) in [6.45, 7) is 6.07. The number of carbonyl (C=O) groups excluding carboxylic acids is 1. The van der Waals surface area contributed by atoms with Crippen molar-refractivity contribution in [3.05, 3.63) is 138 Å². The van der Waals surface area contributed by atoms with Gasteiger partial charge in [0.15, 0.2) is 6.29 Å². The van der Waals surface area contributed by atoms with Crippen LogP contribution < -0.4 is 5.32 Å². The molecular formula is C37H37NO7S. The number of hydrogen-bond donors (Lipinski definition) is 3. The standard InChI is InChI=1S/C37H37NO7S/c1-3-19-43-37(42)38-21-26-7-6-8-30(20-26)27-15-17-29(18-16-27)36-44-32(23-46-33-10-5-4-9-31(33)35(40)41)24(2)34(45-36)28-13-11-25(22-39)12-14-28/h3-18,20,24,32,34,36,39H,1,19,21-23H2,2H3,(H,38,42)(H,40,41)/t24-,32+,34+,36+/m1/s1. The van der Waals surface area contributed by atoms with Gasteiger partial charge in [0.1, 0.15) is 6.61 Å². The van der Waals surface area contributed by atoms with Gasteiger partial charge in [-0.1, -0.05) is 98.4 Å². The maximum absolute atomic E-state index is 11.8. The van der Waals surface area contributed by atoms with E-state index in [4.69, 9.17) is 14.2 Å². The van der Waals surface area contributed by atoms with Crippen molar-refractivity contribution in [1.82, 2.24) is 5.32 Å². The summed E-state index contributed by atoms with van der Waals surface area (Å²) in [7, 11) is 0. The van der Waals surface area contributed by atoms with Crippen LogP contribution in [-0.2, 0) is 27.4 Å². The summed E-state index contributed by atoms with van der Waals surface area (Å²) < 4.78 is 18.1. The van der Waals surface area contributed by atoms with Gasteiger partial charge < -0.3 is 29.7 Å². The van der Waals surface area contributed by atoms with E-state index < -0.39 is 18.4 Å². The Morgan fingerprint density at radius 2 is 1.65 bits per heavy atom. The third-order valence-electron chi connectivity index (χ3n) is 7.86. The lowest BCUT2D eigenvalue weighted by Gasteiger charge is -2.41. The molecule has 0 saturated carbocycles. The minimum absolute atomic E-state index is 0.0367. The van der Waals surface area contributed by atoms with Gasteiger partial charge in [0.05, 0.1) is 24.4 Å².